The summed E-state index contributed by atoms with van der Waals surface area (Å²) in [6, 6.07) is 31.7. The normalized spacial score (nSPS) is 19.1. The van der Waals surface area contributed by atoms with Gasteiger partial charge in [0.15, 0.2) is 18.3 Å². The molecule has 1 aliphatic heterocycles. The van der Waals surface area contributed by atoms with E-state index in [9.17, 15) is 24.0 Å². The minimum Gasteiger partial charge on any atom is -0.458 e. The fourth-order valence-corrected chi connectivity index (χ4v) is 4.42. The van der Waals surface area contributed by atoms with Gasteiger partial charge in [0, 0.05) is 0 Å². The second kappa shape index (κ2) is 13.9. The Kier molecular flexibility index (Phi) is 9.41. The fourth-order valence-electron chi connectivity index (χ4n) is 4.42. The standard InChI is InChI=1S/C34H26O10/c35-30(22-13-5-1-6-14-22)40-21-26-27(42-31(36)23-15-7-2-8-16-23)28(43-32(37)24-17-9-3-10-18-24)29(34(39)41-26)44-33(38)25-19-11-4-12-20-25/h1-20,26-29H,21H2/t26-,27-,28+,29-/m1/s1. The molecule has 0 aromatic heterocycles. The Labute approximate surface area is 252 Å². The Morgan fingerprint density at radius 2 is 0.864 bits per heavy atom. The van der Waals surface area contributed by atoms with Crippen LogP contribution in [0.25, 0.3) is 0 Å². The summed E-state index contributed by atoms with van der Waals surface area (Å²) in [4.78, 5) is 65.5. The maximum Gasteiger partial charge on any atom is 0.352 e. The van der Waals surface area contributed by atoms with E-state index in [0.29, 0.717) is 0 Å². The molecule has 222 valence electrons. The topological polar surface area (TPSA) is 132 Å². The highest BCUT2D eigenvalue weighted by molar-refractivity contribution is 5.93. The number of carbonyl (C=O) groups excluding carboxylic acids is 5. The average molecular weight is 595 g/mol. The van der Waals surface area contributed by atoms with Crippen LogP contribution in [0, 0.1) is 0 Å². The summed E-state index contributed by atoms with van der Waals surface area (Å²) in [5.74, 6) is -4.46. The second-order valence-corrected chi connectivity index (χ2v) is 9.60. The Morgan fingerprint density at radius 3 is 1.30 bits per heavy atom. The second-order valence-electron chi connectivity index (χ2n) is 9.60. The lowest BCUT2D eigenvalue weighted by atomic mass is 9.98. The van der Waals surface area contributed by atoms with Crippen molar-refractivity contribution in [3.8, 4) is 0 Å². The Bertz CT molecular complexity index is 1610. The third-order valence-corrected chi connectivity index (χ3v) is 6.63. The van der Waals surface area contributed by atoms with Crippen LogP contribution in [-0.4, -0.2) is 60.9 Å². The molecule has 0 aliphatic carbocycles. The summed E-state index contributed by atoms with van der Waals surface area (Å²) in [6.45, 7) is -0.565. The van der Waals surface area contributed by atoms with Gasteiger partial charge < -0.3 is 23.7 Å². The van der Waals surface area contributed by atoms with E-state index in [1.165, 1.54) is 48.5 Å². The summed E-state index contributed by atoms with van der Waals surface area (Å²) in [7, 11) is 0. The quantitative estimate of drug-likeness (QED) is 0.202. The first-order valence-electron chi connectivity index (χ1n) is 13.6. The van der Waals surface area contributed by atoms with Crippen molar-refractivity contribution >= 4 is 29.8 Å². The van der Waals surface area contributed by atoms with Gasteiger partial charge in [0.1, 0.15) is 6.61 Å². The van der Waals surface area contributed by atoms with Crippen LogP contribution in [0.4, 0.5) is 0 Å². The van der Waals surface area contributed by atoms with Gasteiger partial charge in [-0.25, -0.2) is 24.0 Å². The summed E-state index contributed by atoms with van der Waals surface area (Å²) in [5, 5.41) is 0. The maximum absolute atomic E-state index is 13.3. The zero-order chi connectivity index (χ0) is 30.9. The Hall–Kier alpha value is -5.77. The number of hydrogen-bond acceptors (Lipinski definition) is 10. The van der Waals surface area contributed by atoms with E-state index < -0.39 is 60.9 Å². The largest absolute Gasteiger partial charge is 0.458 e. The minimum absolute atomic E-state index is 0.116. The lowest BCUT2D eigenvalue weighted by Crippen LogP contribution is -2.61. The van der Waals surface area contributed by atoms with Gasteiger partial charge in [0.25, 0.3) is 0 Å². The van der Waals surface area contributed by atoms with Crippen LogP contribution >= 0.6 is 0 Å². The van der Waals surface area contributed by atoms with Gasteiger partial charge in [-0.1, -0.05) is 72.8 Å². The van der Waals surface area contributed by atoms with Crippen molar-refractivity contribution in [1.82, 2.24) is 0 Å². The first-order chi connectivity index (χ1) is 21.4. The molecule has 0 amide bonds. The zero-order valence-corrected chi connectivity index (χ0v) is 23.1. The van der Waals surface area contributed by atoms with E-state index in [1.807, 2.05) is 0 Å². The van der Waals surface area contributed by atoms with E-state index in [2.05, 4.69) is 0 Å². The van der Waals surface area contributed by atoms with E-state index in [0.717, 1.165) is 0 Å². The van der Waals surface area contributed by atoms with Gasteiger partial charge in [-0.05, 0) is 48.5 Å². The summed E-state index contributed by atoms with van der Waals surface area (Å²) in [5.41, 5.74) is 0.620. The number of benzene rings is 4. The van der Waals surface area contributed by atoms with Crippen LogP contribution in [-0.2, 0) is 28.5 Å². The summed E-state index contributed by atoms with van der Waals surface area (Å²) < 4.78 is 27.9. The summed E-state index contributed by atoms with van der Waals surface area (Å²) >= 11 is 0. The van der Waals surface area contributed by atoms with Crippen molar-refractivity contribution in [3.05, 3.63) is 144 Å². The molecule has 4 aromatic carbocycles. The monoisotopic (exact) mass is 594 g/mol. The van der Waals surface area contributed by atoms with Crippen molar-refractivity contribution in [2.24, 2.45) is 0 Å². The van der Waals surface area contributed by atoms with Crippen LogP contribution in [0.1, 0.15) is 41.4 Å². The van der Waals surface area contributed by atoms with Gasteiger partial charge in [-0.3, -0.25) is 0 Å². The highest BCUT2D eigenvalue weighted by Gasteiger charge is 2.53. The van der Waals surface area contributed by atoms with Gasteiger partial charge >= 0.3 is 29.8 Å². The molecule has 10 nitrogen and oxygen atoms in total. The van der Waals surface area contributed by atoms with Crippen LogP contribution in [0.3, 0.4) is 0 Å². The molecular weight excluding hydrogens is 568 g/mol. The van der Waals surface area contributed by atoms with E-state index in [4.69, 9.17) is 23.7 Å². The SMILES string of the molecule is O=C(OC[C@H]1OC(=O)[C@H](OC(=O)c2ccccc2)[C@@H](OC(=O)c2ccccc2)[C@@H]1OC(=O)c1ccccc1)c1ccccc1. The molecule has 1 fully saturated rings. The van der Waals surface area contributed by atoms with Crippen LogP contribution in [0.15, 0.2) is 121 Å². The van der Waals surface area contributed by atoms with E-state index in [1.54, 1.807) is 72.8 Å². The highest BCUT2D eigenvalue weighted by atomic mass is 16.7. The maximum atomic E-state index is 13.3. The molecular formula is C34H26O10. The summed E-state index contributed by atoms with van der Waals surface area (Å²) in [6.07, 6.45) is -6.48. The first kappa shape index (κ1) is 29.7. The number of esters is 5. The molecule has 1 heterocycles. The molecule has 10 heteroatoms. The number of hydrogen-bond donors (Lipinski definition) is 0. The molecule has 0 bridgehead atoms. The van der Waals surface area contributed by atoms with Gasteiger partial charge in [-0.15, -0.1) is 0 Å². The predicted molar refractivity (Wildman–Crippen MR) is 154 cm³/mol. The first-order valence-corrected chi connectivity index (χ1v) is 13.6. The molecule has 0 radical (unpaired) electrons. The minimum atomic E-state index is -1.83. The van der Waals surface area contributed by atoms with Crippen molar-refractivity contribution in [2.75, 3.05) is 6.61 Å². The van der Waals surface area contributed by atoms with E-state index >= 15 is 0 Å². The van der Waals surface area contributed by atoms with Crippen LogP contribution in [0.5, 0.6) is 0 Å². The molecule has 0 N–H and O–H groups in total. The smallest absolute Gasteiger partial charge is 0.352 e. The molecule has 0 saturated carbocycles. The zero-order valence-electron chi connectivity index (χ0n) is 23.1. The van der Waals surface area contributed by atoms with Crippen molar-refractivity contribution < 1.29 is 47.7 Å². The van der Waals surface area contributed by atoms with Gasteiger partial charge in [0.05, 0.1) is 22.3 Å². The Morgan fingerprint density at radius 1 is 0.500 bits per heavy atom. The molecule has 4 atom stereocenters. The van der Waals surface area contributed by atoms with Crippen molar-refractivity contribution in [1.29, 1.82) is 0 Å². The molecule has 5 rings (SSSR count). The Balaban J connectivity index is 1.48. The number of ether oxygens (including phenoxy) is 5. The molecule has 4 aromatic rings. The van der Waals surface area contributed by atoms with Gasteiger partial charge in [0.2, 0.25) is 6.10 Å². The van der Waals surface area contributed by atoms with Crippen molar-refractivity contribution in [2.45, 2.75) is 24.4 Å². The fraction of sp³-hybridized carbons (Fsp3) is 0.147. The van der Waals surface area contributed by atoms with Gasteiger partial charge in [-0.2, -0.15) is 0 Å². The molecule has 1 saturated heterocycles. The molecule has 1 aliphatic rings. The number of rotatable bonds is 9. The molecule has 0 unspecified atom stereocenters. The number of carbonyl (C=O) groups is 5. The van der Waals surface area contributed by atoms with E-state index in [-0.39, 0.29) is 22.3 Å². The molecule has 0 spiro atoms. The van der Waals surface area contributed by atoms with Crippen LogP contribution in [0.2, 0.25) is 0 Å². The lowest BCUT2D eigenvalue weighted by molar-refractivity contribution is -0.207. The third-order valence-electron chi connectivity index (χ3n) is 6.63. The average Bonchev–Trinajstić information content (AvgIpc) is 3.07. The molecule has 44 heavy (non-hydrogen) atoms. The predicted octanol–water partition coefficient (Wildman–Crippen LogP) is 4.45. The third kappa shape index (κ3) is 7.16. The van der Waals surface area contributed by atoms with Crippen LogP contribution < -0.4 is 0 Å². The number of cyclic esters (lactones) is 1. The van der Waals surface area contributed by atoms with Crippen molar-refractivity contribution in [3.63, 3.8) is 0 Å². The lowest BCUT2D eigenvalue weighted by Gasteiger charge is -2.39. The highest BCUT2D eigenvalue weighted by Crippen LogP contribution is 2.28.